The molecule has 6 nitrogen and oxygen atoms in total. The van der Waals surface area contributed by atoms with Crippen LogP contribution in [0, 0.1) is 0 Å². The third-order valence-corrected chi connectivity index (χ3v) is 6.06. The Morgan fingerprint density at radius 2 is 1.90 bits per heavy atom. The van der Waals surface area contributed by atoms with Crippen LogP contribution in [0.1, 0.15) is 31.1 Å². The van der Waals surface area contributed by atoms with Crippen molar-refractivity contribution < 1.29 is 13.9 Å². The van der Waals surface area contributed by atoms with Gasteiger partial charge in [0, 0.05) is 30.2 Å². The van der Waals surface area contributed by atoms with E-state index in [-0.39, 0.29) is 17.7 Å². The van der Waals surface area contributed by atoms with Crippen LogP contribution in [0.2, 0.25) is 0 Å². The summed E-state index contributed by atoms with van der Waals surface area (Å²) in [5, 5.41) is 0.987. The number of esters is 1. The van der Waals surface area contributed by atoms with Crippen LogP contribution in [0.5, 0.6) is 0 Å². The number of carbonyl (C=O) groups excluding carboxylic acids is 1. The smallest absolute Gasteiger partial charge is 0.347 e. The van der Waals surface area contributed by atoms with Crippen molar-refractivity contribution in [3.63, 3.8) is 0 Å². The number of ether oxygens (including phenoxy) is 1. The SMILES string of the molecule is CCOC(=O)c1c(-c2nc3ccccc3s2)c(=O)oc2cc(N(CC)CC)ccc12. The summed E-state index contributed by atoms with van der Waals surface area (Å²) in [5.74, 6) is -0.555. The molecule has 4 aromatic rings. The zero-order chi connectivity index (χ0) is 21.3. The molecule has 2 aromatic carbocycles. The summed E-state index contributed by atoms with van der Waals surface area (Å²) in [5.41, 5.74) is 1.81. The van der Waals surface area contributed by atoms with Crippen molar-refractivity contribution >= 4 is 44.2 Å². The number of hydrogen-bond donors (Lipinski definition) is 0. The average molecular weight is 423 g/mol. The van der Waals surface area contributed by atoms with Gasteiger partial charge in [-0.1, -0.05) is 12.1 Å². The Morgan fingerprint density at radius 3 is 2.60 bits per heavy atom. The molecular formula is C23H22N2O4S. The molecule has 0 spiro atoms. The highest BCUT2D eigenvalue weighted by atomic mass is 32.1. The highest BCUT2D eigenvalue weighted by Crippen LogP contribution is 2.34. The first-order valence-electron chi connectivity index (χ1n) is 9.96. The standard InChI is InChI=1S/C23H22N2O4S/c1-4-25(5-2)14-11-12-15-17(13-14)29-23(27)20(19(15)22(26)28-6-3)21-24-16-9-7-8-10-18(16)30-21/h7-13H,4-6H2,1-3H3. The molecule has 0 aliphatic heterocycles. The second kappa shape index (κ2) is 8.28. The van der Waals surface area contributed by atoms with Gasteiger partial charge in [0.1, 0.15) is 16.2 Å². The molecule has 154 valence electrons. The molecule has 0 radical (unpaired) electrons. The molecule has 0 N–H and O–H groups in total. The molecule has 0 aliphatic rings. The molecule has 0 bridgehead atoms. The van der Waals surface area contributed by atoms with Gasteiger partial charge in [0.05, 0.1) is 22.4 Å². The minimum Gasteiger partial charge on any atom is -0.462 e. The van der Waals surface area contributed by atoms with Crippen molar-refractivity contribution in [3.8, 4) is 10.6 Å². The van der Waals surface area contributed by atoms with E-state index in [0.29, 0.717) is 16.0 Å². The summed E-state index contributed by atoms with van der Waals surface area (Å²) in [6.07, 6.45) is 0. The van der Waals surface area contributed by atoms with Gasteiger partial charge in [-0.15, -0.1) is 11.3 Å². The maximum absolute atomic E-state index is 13.0. The first kappa shape index (κ1) is 20.1. The monoisotopic (exact) mass is 422 g/mol. The molecule has 0 saturated carbocycles. The van der Waals surface area contributed by atoms with Gasteiger partial charge in [-0.3, -0.25) is 0 Å². The summed E-state index contributed by atoms with van der Waals surface area (Å²) in [7, 11) is 0. The summed E-state index contributed by atoms with van der Waals surface area (Å²) in [6, 6.07) is 13.1. The molecule has 4 rings (SSSR count). The molecule has 2 heterocycles. The van der Waals surface area contributed by atoms with Crippen LogP contribution in [0.3, 0.4) is 0 Å². The number of rotatable bonds is 6. The molecule has 2 aromatic heterocycles. The zero-order valence-corrected chi connectivity index (χ0v) is 17.9. The van der Waals surface area contributed by atoms with Crippen LogP contribution in [0.4, 0.5) is 5.69 Å². The molecule has 7 heteroatoms. The van der Waals surface area contributed by atoms with E-state index >= 15 is 0 Å². The highest BCUT2D eigenvalue weighted by molar-refractivity contribution is 7.21. The van der Waals surface area contributed by atoms with Gasteiger partial charge in [-0.2, -0.15) is 0 Å². The predicted molar refractivity (Wildman–Crippen MR) is 121 cm³/mol. The van der Waals surface area contributed by atoms with Gasteiger partial charge in [0.25, 0.3) is 0 Å². The summed E-state index contributed by atoms with van der Waals surface area (Å²) in [6.45, 7) is 7.70. The number of hydrogen-bond acceptors (Lipinski definition) is 7. The van der Waals surface area contributed by atoms with Crippen molar-refractivity contribution in [2.24, 2.45) is 0 Å². The summed E-state index contributed by atoms with van der Waals surface area (Å²) < 4.78 is 11.9. The minimum absolute atomic E-state index is 0.151. The van der Waals surface area contributed by atoms with Gasteiger partial charge in [-0.05, 0) is 45.0 Å². The lowest BCUT2D eigenvalue weighted by Crippen LogP contribution is -2.21. The van der Waals surface area contributed by atoms with Crippen LogP contribution in [-0.2, 0) is 4.74 Å². The largest absolute Gasteiger partial charge is 0.462 e. The first-order valence-corrected chi connectivity index (χ1v) is 10.8. The minimum atomic E-state index is -0.596. The molecular weight excluding hydrogens is 400 g/mol. The normalized spacial score (nSPS) is 11.2. The maximum atomic E-state index is 13.0. The Kier molecular flexibility index (Phi) is 5.55. The van der Waals surface area contributed by atoms with E-state index in [2.05, 4.69) is 23.7 Å². The Bertz CT molecular complexity index is 1250. The molecule has 30 heavy (non-hydrogen) atoms. The van der Waals surface area contributed by atoms with E-state index in [4.69, 9.17) is 9.15 Å². The number of aromatic nitrogens is 1. The Labute approximate surface area is 177 Å². The molecule has 0 aliphatic carbocycles. The number of nitrogens with zero attached hydrogens (tertiary/aromatic N) is 2. The van der Waals surface area contributed by atoms with Crippen LogP contribution < -0.4 is 10.5 Å². The van der Waals surface area contributed by atoms with E-state index in [0.717, 1.165) is 29.0 Å². The third kappa shape index (κ3) is 3.45. The molecule has 0 amide bonds. The van der Waals surface area contributed by atoms with Crippen molar-refractivity contribution in [2.75, 3.05) is 24.6 Å². The van der Waals surface area contributed by atoms with Crippen molar-refractivity contribution in [3.05, 3.63) is 58.4 Å². The lowest BCUT2D eigenvalue weighted by molar-refractivity contribution is 0.0529. The van der Waals surface area contributed by atoms with Gasteiger partial charge in [0.15, 0.2) is 0 Å². The lowest BCUT2D eigenvalue weighted by atomic mass is 10.0. The Morgan fingerprint density at radius 1 is 1.13 bits per heavy atom. The van der Waals surface area contributed by atoms with E-state index < -0.39 is 11.6 Å². The van der Waals surface area contributed by atoms with Crippen molar-refractivity contribution in [1.82, 2.24) is 4.98 Å². The first-order chi connectivity index (χ1) is 14.6. The fourth-order valence-corrected chi connectivity index (χ4v) is 4.57. The Hall–Kier alpha value is -3.19. The fraction of sp³-hybridized carbons (Fsp3) is 0.261. The lowest BCUT2D eigenvalue weighted by Gasteiger charge is -2.21. The average Bonchev–Trinajstić information content (AvgIpc) is 3.17. The van der Waals surface area contributed by atoms with E-state index in [1.807, 2.05) is 36.4 Å². The summed E-state index contributed by atoms with van der Waals surface area (Å²) in [4.78, 5) is 32.7. The van der Waals surface area contributed by atoms with Crippen LogP contribution in [0.15, 0.2) is 51.7 Å². The molecule has 0 saturated heterocycles. The number of carbonyl (C=O) groups is 1. The van der Waals surface area contributed by atoms with Crippen LogP contribution in [0.25, 0.3) is 31.8 Å². The third-order valence-electron chi connectivity index (χ3n) is 5.01. The number of thiazole rings is 1. The second-order valence-corrected chi connectivity index (χ2v) is 7.73. The highest BCUT2D eigenvalue weighted by Gasteiger charge is 2.26. The quantitative estimate of drug-likeness (QED) is 0.318. The van der Waals surface area contributed by atoms with E-state index in [1.54, 1.807) is 13.0 Å². The topological polar surface area (TPSA) is 72.6 Å². The van der Waals surface area contributed by atoms with Gasteiger partial charge >= 0.3 is 11.6 Å². The molecule has 0 unspecified atom stereocenters. The molecule has 0 atom stereocenters. The van der Waals surface area contributed by atoms with E-state index in [9.17, 15) is 9.59 Å². The van der Waals surface area contributed by atoms with Gasteiger partial charge in [0.2, 0.25) is 0 Å². The second-order valence-electron chi connectivity index (χ2n) is 6.70. The number of benzene rings is 2. The summed E-state index contributed by atoms with van der Waals surface area (Å²) >= 11 is 1.35. The van der Waals surface area contributed by atoms with Crippen molar-refractivity contribution in [2.45, 2.75) is 20.8 Å². The van der Waals surface area contributed by atoms with Crippen molar-refractivity contribution in [1.29, 1.82) is 0 Å². The number of para-hydroxylation sites is 1. The zero-order valence-electron chi connectivity index (χ0n) is 17.1. The predicted octanol–water partition coefficient (Wildman–Crippen LogP) is 5.09. The maximum Gasteiger partial charge on any atom is 0.347 e. The number of anilines is 1. The van der Waals surface area contributed by atoms with Crippen LogP contribution >= 0.6 is 11.3 Å². The number of fused-ring (bicyclic) bond motifs is 2. The van der Waals surface area contributed by atoms with E-state index in [1.165, 1.54) is 11.3 Å². The molecule has 0 fully saturated rings. The fourth-order valence-electron chi connectivity index (χ4n) is 3.56. The van der Waals surface area contributed by atoms with Gasteiger partial charge < -0.3 is 14.1 Å². The Balaban J connectivity index is 2.00. The van der Waals surface area contributed by atoms with Gasteiger partial charge in [-0.25, -0.2) is 14.6 Å². The van der Waals surface area contributed by atoms with Crippen LogP contribution in [-0.4, -0.2) is 30.6 Å².